The fourth-order valence-electron chi connectivity index (χ4n) is 3.09. The molecule has 2 aliphatic rings. The molecule has 0 radical (unpaired) electrons. The summed E-state index contributed by atoms with van der Waals surface area (Å²) in [7, 11) is 0. The third-order valence-corrected chi connectivity index (χ3v) is 4.23. The Morgan fingerprint density at radius 2 is 2.24 bits per heavy atom. The minimum atomic E-state index is -0.930. The van der Waals surface area contributed by atoms with Crippen LogP contribution in [0.5, 0.6) is 0 Å². The molecular formula is C16H19NO4. The van der Waals surface area contributed by atoms with Crippen molar-refractivity contribution in [2.24, 2.45) is 0 Å². The van der Waals surface area contributed by atoms with Crippen molar-refractivity contribution in [1.82, 2.24) is 0 Å². The second-order valence-electron chi connectivity index (χ2n) is 5.62. The SMILES string of the molecule is O=C(O)c1ccc2c(c1)CCN2C(=O)CCC1CCCO1. The van der Waals surface area contributed by atoms with Crippen LogP contribution in [0.4, 0.5) is 5.69 Å². The van der Waals surface area contributed by atoms with Crippen molar-refractivity contribution in [3.8, 4) is 0 Å². The Morgan fingerprint density at radius 3 is 2.95 bits per heavy atom. The molecule has 0 aromatic heterocycles. The van der Waals surface area contributed by atoms with Crippen molar-refractivity contribution in [2.45, 2.75) is 38.2 Å². The summed E-state index contributed by atoms with van der Waals surface area (Å²) in [6.45, 7) is 1.45. The highest BCUT2D eigenvalue weighted by Gasteiger charge is 2.26. The zero-order valence-corrected chi connectivity index (χ0v) is 11.9. The summed E-state index contributed by atoms with van der Waals surface area (Å²) < 4.78 is 5.54. The van der Waals surface area contributed by atoms with Gasteiger partial charge in [-0.25, -0.2) is 4.79 Å². The van der Waals surface area contributed by atoms with E-state index in [1.54, 1.807) is 23.1 Å². The molecule has 5 nitrogen and oxygen atoms in total. The number of fused-ring (bicyclic) bond motifs is 1. The van der Waals surface area contributed by atoms with Gasteiger partial charge in [0.25, 0.3) is 0 Å². The molecule has 1 saturated heterocycles. The highest BCUT2D eigenvalue weighted by Crippen LogP contribution is 2.30. The molecule has 112 valence electrons. The van der Waals surface area contributed by atoms with Crippen LogP contribution in [0.25, 0.3) is 0 Å². The Labute approximate surface area is 123 Å². The number of carboxylic acid groups (broad SMARTS) is 1. The maximum atomic E-state index is 12.3. The number of hydrogen-bond donors (Lipinski definition) is 1. The van der Waals surface area contributed by atoms with Crippen molar-refractivity contribution in [3.05, 3.63) is 29.3 Å². The number of hydrogen-bond acceptors (Lipinski definition) is 3. The molecular weight excluding hydrogens is 270 g/mol. The molecule has 2 aliphatic heterocycles. The average molecular weight is 289 g/mol. The fraction of sp³-hybridized carbons (Fsp3) is 0.500. The summed E-state index contributed by atoms with van der Waals surface area (Å²) in [6, 6.07) is 4.98. The molecule has 1 fully saturated rings. The number of ether oxygens (including phenoxy) is 1. The van der Waals surface area contributed by atoms with Crippen LogP contribution in [-0.2, 0) is 16.0 Å². The van der Waals surface area contributed by atoms with Gasteiger partial charge in [-0.3, -0.25) is 4.79 Å². The largest absolute Gasteiger partial charge is 0.478 e. The Hall–Kier alpha value is -1.88. The van der Waals surface area contributed by atoms with Crippen molar-refractivity contribution in [3.63, 3.8) is 0 Å². The molecule has 3 rings (SSSR count). The van der Waals surface area contributed by atoms with E-state index < -0.39 is 5.97 Å². The first-order chi connectivity index (χ1) is 10.1. The Kier molecular flexibility index (Phi) is 3.92. The van der Waals surface area contributed by atoms with E-state index in [9.17, 15) is 9.59 Å². The second-order valence-corrected chi connectivity index (χ2v) is 5.62. The number of anilines is 1. The quantitative estimate of drug-likeness (QED) is 0.923. The van der Waals surface area contributed by atoms with Gasteiger partial charge in [0.1, 0.15) is 0 Å². The summed E-state index contributed by atoms with van der Waals surface area (Å²) in [4.78, 5) is 25.1. The molecule has 0 aliphatic carbocycles. The number of carboxylic acids is 1. The Balaban J connectivity index is 1.65. The zero-order chi connectivity index (χ0) is 14.8. The van der Waals surface area contributed by atoms with Crippen LogP contribution < -0.4 is 4.90 Å². The third-order valence-electron chi connectivity index (χ3n) is 4.23. The van der Waals surface area contributed by atoms with E-state index in [-0.39, 0.29) is 17.6 Å². The normalized spacial score (nSPS) is 20.6. The van der Waals surface area contributed by atoms with Gasteiger partial charge in [-0.05, 0) is 49.4 Å². The zero-order valence-electron chi connectivity index (χ0n) is 11.9. The lowest BCUT2D eigenvalue weighted by Gasteiger charge is -2.18. The van der Waals surface area contributed by atoms with Crippen LogP contribution in [0.15, 0.2) is 18.2 Å². The Bertz CT molecular complexity index is 563. The van der Waals surface area contributed by atoms with Crippen molar-refractivity contribution in [2.75, 3.05) is 18.1 Å². The van der Waals surface area contributed by atoms with Crippen molar-refractivity contribution in [1.29, 1.82) is 0 Å². The van der Waals surface area contributed by atoms with E-state index >= 15 is 0 Å². The average Bonchev–Trinajstić information content (AvgIpc) is 3.13. The number of rotatable bonds is 4. The number of carbonyl (C=O) groups is 2. The lowest BCUT2D eigenvalue weighted by molar-refractivity contribution is -0.119. The van der Waals surface area contributed by atoms with E-state index in [1.165, 1.54) is 0 Å². The predicted molar refractivity (Wildman–Crippen MR) is 77.7 cm³/mol. The Morgan fingerprint density at radius 1 is 1.38 bits per heavy atom. The predicted octanol–water partition coefficient (Wildman–Crippen LogP) is 2.23. The molecule has 1 N–H and O–H groups in total. The van der Waals surface area contributed by atoms with Gasteiger partial charge in [-0.15, -0.1) is 0 Å². The van der Waals surface area contributed by atoms with Crippen molar-refractivity contribution < 1.29 is 19.4 Å². The molecule has 1 aromatic rings. The topological polar surface area (TPSA) is 66.8 Å². The minimum Gasteiger partial charge on any atom is -0.478 e. The fourth-order valence-corrected chi connectivity index (χ4v) is 3.09. The molecule has 1 aromatic carbocycles. The van der Waals surface area contributed by atoms with Gasteiger partial charge in [0.2, 0.25) is 5.91 Å². The number of aromatic carboxylic acids is 1. The smallest absolute Gasteiger partial charge is 0.335 e. The van der Waals surface area contributed by atoms with Crippen LogP contribution in [0.1, 0.15) is 41.6 Å². The lowest BCUT2D eigenvalue weighted by Crippen LogP contribution is -2.29. The summed E-state index contributed by atoms with van der Waals surface area (Å²) in [6.07, 6.45) is 4.35. The minimum absolute atomic E-state index is 0.104. The van der Waals surface area contributed by atoms with Crippen molar-refractivity contribution >= 4 is 17.6 Å². The van der Waals surface area contributed by atoms with E-state index in [1.807, 2.05) is 0 Å². The first-order valence-corrected chi connectivity index (χ1v) is 7.43. The van der Waals surface area contributed by atoms with Gasteiger partial charge in [-0.2, -0.15) is 0 Å². The summed E-state index contributed by atoms with van der Waals surface area (Å²) in [5.41, 5.74) is 2.08. The van der Waals surface area contributed by atoms with E-state index in [0.717, 1.165) is 43.5 Å². The molecule has 1 amide bonds. The number of carbonyl (C=O) groups excluding carboxylic acids is 1. The first kappa shape index (κ1) is 14.1. The van der Waals surface area contributed by atoms with Gasteiger partial charge in [0.15, 0.2) is 0 Å². The molecule has 21 heavy (non-hydrogen) atoms. The summed E-state index contributed by atoms with van der Waals surface area (Å²) in [5.74, 6) is -0.826. The van der Waals surface area contributed by atoms with Crippen LogP contribution in [0.2, 0.25) is 0 Å². The second kappa shape index (κ2) is 5.85. The van der Waals surface area contributed by atoms with E-state index in [4.69, 9.17) is 9.84 Å². The number of amides is 1. The number of nitrogens with zero attached hydrogens (tertiary/aromatic N) is 1. The van der Waals surface area contributed by atoms with Crippen LogP contribution in [-0.4, -0.2) is 36.2 Å². The molecule has 1 unspecified atom stereocenters. The summed E-state index contributed by atoms with van der Waals surface area (Å²) in [5, 5.41) is 9.00. The van der Waals surface area contributed by atoms with Gasteiger partial charge in [0.05, 0.1) is 11.7 Å². The molecule has 0 saturated carbocycles. The highest BCUT2D eigenvalue weighted by atomic mass is 16.5. The monoisotopic (exact) mass is 289 g/mol. The molecule has 0 spiro atoms. The maximum absolute atomic E-state index is 12.3. The lowest BCUT2D eigenvalue weighted by atomic mass is 10.1. The van der Waals surface area contributed by atoms with Crippen LogP contribution in [0.3, 0.4) is 0 Å². The van der Waals surface area contributed by atoms with Crippen LogP contribution in [0, 0.1) is 0 Å². The molecule has 2 heterocycles. The molecule has 1 atom stereocenters. The van der Waals surface area contributed by atoms with Gasteiger partial charge < -0.3 is 14.7 Å². The molecule has 0 bridgehead atoms. The van der Waals surface area contributed by atoms with E-state index in [0.29, 0.717) is 13.0 Å². The van der Waals surface area contributed by atoms with Gasteiger partial charge in [-0.1, -0.05) is 0 Å². The third kappa shape index (κ3) is 2.93. The van der Waals surface area contributed by atoms with Crippen LogP contribution >= 0.6 is 0 Å². The van der Waals surface area contributed by atoms with Gasteiger partial charge in [0, 0.05) is 25.3 Å². The highest BCUT2D eigenvalue weighted by molar-refractivity contribution is 5.96. The van der Waals surface area contributed by atoms with Gasteiger partial charge >= 0.3 is 5.97 Å². The van der Waals surface area contributed by atoms with E-state index in [2.05, 4.69) is 0 Å². The summed E-state index contributed by atoms with van der Waals surface area (Å²) >= 11 is 0. The molecule has 5 heteroatoms. The maximum Gasteiger partial charge on any atom is 0.335 e. The first-order valence-electron chi connectivity index (χ1n) is 7.43. The number of benzene rings is 1. The standard InChI is InChI=1S/C16H19NO4/c18-15(6-4-13-2-1-9-21-13)17-8-7-11-10-12(16(19)20)3-5-14(11)17/h3,5,10,13H,1-2,4,6-9H2,(H,19,20).